The second kappa shape index (κ2) is 5.64. The molecular weight excluding hydrogens is 228 g/mol. The smallest absolute Gasteiger partial charge is 0.213 e. The molecule has 1 N–H and O–H groups in total. The van der Waals surface area contributed by atoms with Gasteiger partial charge in [-0.15, -0.1) is 0 Å². The van der Waals surface area contributed by atoms with E-state index in [9.17, 15) is 0 Å². The molecule has 1 atom stereocenters. The average Bonchev–Trinajstić information content (AvgIpc) is 2.82. The second-order valence-electron chi connectivity index (χ2n) is 4.21. The molecule has 5 nitrogen and oxygen atoms in total. The van der Waals surface area contributed by atoms with Gasteiger partial charge in [-0.25, -0.2) is 9.97 Å². The second-order valence-corrected chi connectivity index (χ2v) is 4.21. The molecule has 0 aliphatic carbocycles. The molecule has 1 unspecified atom stereocenters. The molecular formula is C13H18N4O. The van der Waals surface area contributed by atoms with Crippen LogP contribution in [-0.4, -0.2) is 21.6 Å². The highest BCUT2D eigenvalue weighted by molar-refractivity contribution is 5.20. The van der Waals surface area contributed by atoms with Gasteiger partial charge in [-0.3, -0.25) is 0 Å². The molecule has 0 aliphatic rings. The van der Waals surface area contributed by atoms with E-state index >= 15 is 0 Å². The maximum Gasteiger partial charge on any atom is 0.213 e. The van der Waals surface area contributed by atoms with Crippen molar-refractivity contribution in [2.24, 2.45) is 7.05 Å². The lowest BCUT2D eigenvalue weighted by atomic mass is 10.2. The number of aryl methyl sites for hydroxylation is 1. The quantitative estimate of drug-likeness (QED) is 0.872. The summed E-state index contributed by atoms with van der Waals surface area (Å²) in [5.74, 6) is 1.66. The van der Waals surface area contributed by atoms with Gasteiger partial charge in [0.2, 0.25) is 5.88 Å². The SMILES string of the molecule is COc1cc(CNC(C)c2nccn2C)ccn1. The molecule has 0 saturated heterocycles. The third kappa shape index (κ3) is 2.87. The number of hydrogen-bond acceptors (Lipinski definition) is 4. The molecule has 0 radical (unpaired) electrons. The van der Waals surface area contributed by atoms with Gasteiger partial charge in [0.25, 0.3) is 0 Å². The molecule has 96 valence electrons. The summed E-state index contributed by atoms with van der Waals surface area (Å²) in [6.45, 7) is 2.85. The van der Waals surface area contributed by atoms with Gasteiger partial charge in [-0.05, 0) is 18.6 Å². The first kappa shape index (κ1) is 12.6. The van der Waals surface area contributed by atoms with Crippen molar-refractivity contribution in [3.05, 3.63) is 42.1 Å². The van der Waals surface area contributed by atoms with Crippen LogP contribution in [0.2, 0.25) is 0 Å². The molecule has 0 saturated carbocycles. The highest BCUT2D eigenvalue weighted by Gasteiger charge is 2.09. The van der Waals surface area contributed by atoms with Crippen LogP contribution in [0.25, 0.3) is 0 Å². The van der Waals surface area contributed by atoms with Gasteiger partial charge in [0, 0.05) is 38.2 Å². The Labute approximate surface area is 107 Å². The molecule has 0 fully saturated rings. The van der Waals surface area contributed by atoms with Crippen molar-refractivity contribution in [2.75, 3.05) is 7.11 Å². The highest BCUT2D eigenvalue weighted by Crippen LogP contribution is 2.12. The lowest BCUT2D eigenvalue weighted by molar-refractivity contribution is 0.396. The minimum Gasteiger partial charge on any atom is -0.481 e. The molecule has 0 bridgehead atoms. The fourth-order valence-electron chi connectivity index (χ4n) is 1.83. The maximum atomic E-state index is 5.10. The molecule has 0 amide bonds. The van der Waals surface area contributed by atoms with Crippen molar-refractivity contribution < 1.29 is 4.74 Å². The Balaban J connectivity index is 1.97. The van der Waals surface area contributed by atoms with E-state index in [1.165, 1.54) is 0 Å². The molecule has 0 spiro atoms. The molecule has 0 aromatic carbocycles. The monoisotopic (exact) mass is 246 g/mol. The largest absolute Gasteiger partial charge is 0.481 e. The highest BCUT2D eigenvalue weighted by atomic mass is 16.5. The number of hydrogen-bond donors (Lipinski definition) is 1. The average molecular weight is 246 g/mol. The van der Waals surface area contributed by atoms with Crippen molar-refractivity contribution in [1.82, 2.24) is 19.9 Å². The Bertz CT molecular complexity index is 509. The van der Waals surface area contributed by atoms with Crippen LogP contribution < -0.4 is 10.1 Å². The van der Waals surface area contributed by atoms with Crippen molar-refractivity contribution >= 4 is 0 Å². The van der Waals surface area contributed by atoms with Crippen molar-refractivity contribution in [3.63, 3.8) is 0 Å². The molecule has 18 heavy (non-hydrogen) atoms. The fraction of sp³-hybridized carbons (Fsp3) is 0.385. The fourth-order valence-corrected chi connectivity index (χ4v) is 1.83. The molecule has 2 rings (SSSR count). The van der Waals surface area contributed by atoms with Gasteiger partial charge < -0.3 is 14.6 Å². The molecule has 5 heteroatoms. The van der Waals surface area contributed by atoms with Crippen LogP contribution in [0.15, 0.2) is 30.7 Å². The summed E-state index contributed by atoms with van der Waals surface area (Å²) in [5.41, 5.74) is 1.14. The minimum atomic E-state index is 0.198. The van der Waals surface area contributed by atoms with Crippen molar-refractivity contribution in [3.8, 4) is 5.88 Å². The third-order valence-electron chi connectivity index (χ3n) is 2.87. The first-order valence-corrected chi connectivity index (χ1v) is 5.90. The predicted molar refractivity (Wildman–Crippen MR) is 69.3 cm³/mol. The summed E-state index contributed by atoms with van der Waals surface area (Å²) in [6, 6.07) is 4.10. The lowest BCUT2D eigenvalue weighted by Gasteiger charge is -2.13. The number of methoxy groups -OCH3 is 1. The predicted octanol–water partition coefficient (Wildman–Crippen LogP) is 1.67. The Morgan fingerprint density at radius 2 is 2.22 bits per heavy atom. The van der Waals surface area contributed by atoms with E-state index in [-0.39, 0.29) is 6.04 Å². The summed E-state index contributed by atoms with van der Waals surface area (Å²) >= 11 is 0. The van der Waals surface area contributed by atoms with Gasteiger partial charge in [0.1, 0.15) is 5.82 Å². The normalized spacial score (nSPS) is 12.4. The van der Waals surface area contributed by atoms with Gasteiger partial charge in [0.15, 0.2) is 0 Å². The topological polar surface area (TPSA) is 52.0 Å². The number of nitrogens with zero attached hydrogens (tertiary/aromatic N) is 3. The lowest BCUT2D eigenvalue weighted by Crippen LogP contribution is -2.21. The number of nitrogens with one attached hydrogen (secondary N) is 1. The molecule has 2 aromatic heterocycles. The number of ether oxygens (including phenoxy) is 1. The summed E-state index contributed by atoms with van der Waals surface area (Å²) in [7, 11) is 3.62. The van der Waals surface area contributed by atoms with E-state index in [1.54, 1.807) is 13.3 Å². The van der Waals surface area contributed by atoms with Crippen LogP contribution in [0.3, 0.4) is 0 Å². The third-order valence-corrected chi connectivity index (χ3v) is 2.87. The van der Waals surface area contributed by atoms with E-state index in [0.29, 0.717) is 5.88 Å². The summed E-state index contributed by atoms with van der Waals surface area (Å²) in [4.78, 5) is 8.41. The Hall–Kier alpha value is -1.88. The van der Waals surface area contributed by atoms with Crippen molar-refractivity contribution in [2.45, 2.75) is 19.5 Å². The molecule has 2 heterocycles. The van der Waals surface area contributed by atoms with Gasteiger partial charge in [-0.1, -0.05) is 0 Å². The first-order valence-electron chi connectivity index (χ1n) is 5.90. The van der Waals surface area contributed by atoms with Crippen LogP contribution in [-0.2, 0) is 13.6 Å². The zero-order valence-electron chi connectivity index (χ0n) is 10.9. The van der Waals surface area contributed by atoms with E-state index in [0.717, 1.165) is 17.9 Å². The van der Waals surface area contributed by atoms with E-state index in [1.807, 2.05) is 36.1 Å². The van der Waals surface area contributed by atoms with Gasteiger partial charge in [-0.2, -0.15) is 0 Å². The van der Waals surface area contributed by atoms with Crippen LogP contribution in [0.4, 0.5) is 0 Å². The van der Waals surface area contributed by atoms with Crippen LogP contribution in [0.1, 0.15) is 24.4 Å². The Morgan fingerprint density at radius 1 is 1.39 bits per heavy atom. The van der Waals surface area contributed by atoms with E-state index in [4.69, 9.17) is 4.74 Å². The van der Waals surface area contributed by atoms with Crippen LogP contribution >= 0.6 is 0 Å². The first-order chi connectivity index (χ1) is 8.70. The Morgan fingerprint density at radius 3 is 2.89 bits per heavy atom. The summed E-state index contributed by atoms with van der Waals surface area (Å²) < 4.78 is 7.12. The Kier molecular flexibility index (Phi) is 3.94. The van der Waals surface area contributed by atoms with E-state index in [2.05, 4.69) is 22.2 Å². The van der Waals surface area contributed by atoms with Gasteiger partial charge in [0.05, 0.1) is 13.2 Å². The zero-order chi connectivity index (χ0) is 13.0. The molecule has 0 aliphatic heterocycles. The summed E-state index contributed by atoms with van der Waals surface area (Å²) in [6.07, 6.45) is 5.51. The zero-order valence-corrected chi connectivity index (χ0v) is 10.9. The van der Waals surface area contributed by atoms with Crippen LogP contribution in [0.5, 0.6) is 5.88 Å². The van der Waals surface area contributed by atoms with Crippen LogP contribution in [0, 0.1) is 0 Å². The number of pyridine rings is 1. The maximum absolute atomic E-state index is 5.10. The standard InChI is InChI=1S/C13H18N4O/c1-10(13-15-6-7-17(13)2)16-9-11-4-5-14-12(8-11)18-3/h4-8,10,16H,9H2,1-3H3. The minimum absolute atomic E-state index is 0.198. The number of rotatable bonds is 5. The summed E-state index contributed by atoms with van der Waals surface area (Å²) in [5, 5.41) is 3.43. The van der Waals surface area contributed by atoms with Gasteiger partial charge >= 0.3 is 0 Å². The molecule has 2 aromatic rings. The number of aromatic nitrogens is 3. The number of imidazole rings is 1. The van der Waals surface area contributed by atoms with Crippen molar-refractivity contribution in [1.29, 1.82) is 0 Å². The van der Waals surface area contributed by atoms with E-state index < -0.39 is 0 Å².